The Kier molecular flexibility index (Phi) is 4.86. The summed E-state index contributed by atoms with van der Waals surface area (Å²) < 4.78 is 0. The van der Waals surface area contributed by atoms with Crippen molar-refractivity contribution in [3.05, 3.63) is 81.9 Å². The standard InChI is InChI=1S/C18H15N3O2S/c1-13-5-2-3-8-16(13)17-9-10-18(20-19-17)24-12-14-6-4-7-15(11-14)21(22)23/h2-11H,12H2,1H3. The van der Waals surface area contributed by atoms with Crippen molar-refractivity contribution in [3.8, 4) is 11.3 Å². The minimum absolute atomic E-state index is 0.106. The fraction of sp³-hybridized carbons (Fsp3) is 0.111. The Balaban J connectivity index is 1.70. The number of nitro benzene ring substituents is 1. The van der Waals surface area contributed by atoms with Crippen LogP contribution in [0.5, 0.6) is 0 Å². The highest BCUT2D eigenvalue weighted by molar-refractivity contribution is 7.98. The molecule has 3 aromatic rings. The van der Waals surface area contributed by atoms with Gasteiger partial charge in [0.25, 0.3) is 5.69 Å². The largest absolute Gasteiger partial charge is 0.269 e. The van der Waals surface area contributed by atoms with Crippen LogP contribution in [0.2, 0.25) is 0 Å². The number of benzene rings is 2. The Bertz CT molecular complexity index is 866. The minimum Gasteiger partial charge on any atom is -0.258 e. The highest BCUT2D eigenvalue weighted by Gasteiger charge is 2.07. The fourth-order valence-corrected chi connectivity index (χ4v) is 3.07. The second-order valence-corrected chi connectivity index (χ2v) is 6.28. The number of nitro groups is 1. The zero-order valence-corrected chi connectivity index (χ0v) is 13.9. The predicted molar refractivity (Wildman–Crippen MR) is 94.9 cm³/mol. The van der Waals surface area contributed by atoms with Crippen LogP contribution in [0.4, 0.5) is 5.69 Å². The third-order valence-electron chi connectivity index (χ3n) is 3.57. The molecule has 0 N–H and O–H groups in total. The Morgan fingerprint density at radius 2 is 1.88 bits per heavy atom. The van der Waals surface area contributed by atoms with Crippen LogP contribution >= 0.6 is 11.8 Å². The summed E-state index contributed by atoms with van der Waals surface area (Å²) in [5.74, 6) is 0.611. The maximum atomic E-state index is 10.8. The number of hydrogen-bond acceptors (Lipinski definition) is 5. The second kappa shape index (κ2) is 7.23. The molecule has 0 amide bonds. The number of hydrogen-bond donors (Lipinski definition) is 0. The Labute approximate surface area is 143 Å². The first-order chi connectivity index (χ1) is 11.6. The van der Waals surface area contributed by atoms with Gasteiger partial charge in [0.05, 0.1) is 10.6 Å². The van der Waals surface area contributed by atoms with E-state index in [-0.39, 0.29) is 10.6 Å². The summed E-state index contributed by atoms with van der Waals surface area (Å²) in [6.45, 7) is 2.04. The van der Waals surface area contributed by atoms with Gasteiger partial charge in [0.1, 0.15) is 5.03 Å². The van der Waals surface area contributed by atoms with Crippen molar-refractivity contribution < 1.29 is 4.92 Å². The average molecular weight is 337 g/mol. The average Bonchev–Trinajstić information content (AvgIpc) is 2.61. The van der Waals surface area contributed by atoms with Gasteiger partial charge in [-0.2, -0.15) is 0 Å². The lowest BCUT2D eigenvalue weighted by atomic mass is 10.1. The van der Waals surface area contributed by atoms with E-state index in [0.29, 0.717) is 5.75 Å². The van der Waals surface area contributed by atoms with Crippen LogP contribution in [-0.4, -0.2) is 15.1 Å². The molecule has 0 saturated heterocycles. The number of non-ortho nitro benzene ring substituents is 1. The highest BCUT2D eigenvalue weighted by atomic mass is 32.2. The van der Waals surface area contributed by atoms with Gasteiger partial charge in [0.2, 0.25) is 0 Å². The molecule has 1 heterocycles. The topological polar surface area (TPSA) is 68.9 Å². The summed E-state index contributed by atoms with van der Waals surface area (Å²) in [6.07, 6.45) is 0. The lowest BCUT2D eigenvalue weighted by Crippen LogP contribution is -1.92. The molecule has 3 rings (SSSR count). The molecule has 2 aromatic carbocycles. The van der Waals surface area contributed by atoms with Gasteiger partial charge < -0.3 is 0 Å². The minimum atomic E-state index is -0.384. The molecule has 120 valence electrons. The maximum absolute atomic E-state index is 10.8. The van der Waals surface area contributed by atoms with Gasteiger partial charge in [-0.15, -0.1) is 10.2 Å². The Morgan fingerprint density at radius 1 is 1.04 bits per heavy atom. The van der Waals surface area contributed by atoms with E-state index in [0.717, 1.165) is 27.4 Å². The summed E-state index contributed by atoms with van der Waals surface area (Å²) in [7, 11) is 0. The molecule has 0 radical (unpaired) electrons. The third-order valence-corrected chi connectivity index (χ3v) is 4.56. The summed E-state index contributed by atoms with van der Waals surface area (Å²) in [6, 6.07) is 18.6. The quantitative estimate of drug-likeness (QED) is 0.385. The SMILES string of the molecule is Cc1ccccc1-c1ccc(SCc2cccc([N+](=O)[O-])c2)nn1. The van der Waals surface area contributed by atoms with E-state index >= 15 is 0 Å². The van der Waals surface area contributed by atoms with Gasteiger partial charge in [0.15, 0.2) is 0 Å². The molecule has 0 aliphatic heterocycles. The molecule has 0 bridgehead atoms. The van der Waals surface area contributed by atoms with Crippen molar-refractivity contribution in [2.45, 2.75) is 17.7 Å². The van der Waals surface area contributed by atoms with E-state index in [1.165, 1.54) is 17.8 Å². The van der Waals surface area contributed by atoms with Gasteiger partial charge in [-0.05, 0) is 30.2 Å². The first kappa shape index (κ1) is 16.1. The van der Waals surface area contributed by atoms with Crippen molar-refractivity contribution >= 4 is 17.4 Å². The van der Waals surface area contributed by atoms with Gasteiger partial charge in [-0.3, -0.25) is 10.1 Å². The zero-order chi connectivity index (χ0) is 16.9. The monoisotopic (exact) mass is 337 g/mol. The van der Waals surface area contributed by atoms with Crippen LogP contribution in [0.3, 0.4) is 0 Å². The molecular formula is C18H15N3O2S. The number of aryl methyl sites for hydroxylation is 1. The van der Waals surface area contributed by atoms with Crippen LogP contribution in [0.25, 0.3) is 11.3 Å². The molecule has 0 saturated carbocycles. The van der Waals surface area contributed by atoms with E-state index in [1.807, 2.05) is 49.4 Å². The molecule has 0 aliphatic carbocycles. The maximum Gasteiger partial charge on any atom is 0.269 e. The molecule has 6 heteroatoms. The Morgan fingerprint density at radius 3 is 2.58 bits per heavy atom. The number of thioether (sulfide) groups is 1. The van der Waals surface area contributed by atoms with Crippen LogP contribution < -0.4 is 0 Å². The van der Waals surface area contributed by atoms with Gasteiger partial charge in [0, 0.05) is 23.4 Å². The van der Waals surface area contributed by atoms with Gasteiger partial charge in [-0.1, -0.05) is 48.2 Å². The van der Waals surface area contributed by atoms with Gasteiger partial charge in [-0.25, -0.2) is 0 Å². The van der Waals surface area contributed by atoms with E-state index in [2.05, 4.69) is 10.2 Å². The smallest absolute Gasteiger partial charge is 0.258 e. The number of aromatic nitrogens is 2. The number of rotatable bonds is 5. The molecular weight excluding hydrogens is 322 g/mol. The molecule has 24 heavy (non-hydrogen) atoms. The van der Waals surface area contributed by atoms with Crippen LogP contribution in [0, 0.1) is 17.0 Å². The van der Waals surface area contributed by atoms with E-state index in [1.54, 1.807) is 12.1 Å². The Hall–Kier alpha value is -2.73. The van der Waals surface area contributed by atoms with Crippen molar-refractivity contribution in [1.29, 1.82) is 0 Å². The number of nitrogens with zero attached hydrogens (tertiary/aromatic N) is 3. The molecule has 0 spiro atoms. The van der Waals surface area contributed by atoms with Crippen molar-refractivity contribution in [2.24, 2.45) is 0 Å². The normalized spacial score (nSPS) is 10.5. The predicted octanol–water partition coefficient (Wildman–Crippen LogP) is 4.65. The van der Waals surface area contributed by atoms with Crippen molar-refractivity contribution in [1.82, 2.24) is 10.2 Å². The summed E-state index contributed by atoms with van der Waals surface area (Å²) in [4.78, 5) is 10.4. The highest BCUT2D eigenvalue weighted by Crippen LogP contribution is 2.25. The fourth-order valence-electron chi connectivity index (χ4n) is 2.32. The molecule has 1 aromatic heterocycles. The van der Waals surface area contributed by atoms with Crippen molar-refractivity contribution in [3.63, 3.8) is 0 Å². The molecule has 0 unspecified atom stereocenters. The lowest BCUT2D eigenvalue weighted by Gasteiger charge is -2.05. The molecule has 0 atom stereocenters. The molecule has 5 nitrogen and oxygen atoms in total. The first-order valence-electron chi connectivity index (χ1n) is 7.39. The van der Waals surface area contributed by atoms with Crippen molar-refractivity contribution in [2.75, 3.05) is 0 Å². The molecule has 0 aliphatic rings. The van der Waals surface area contributed by atoms with E-state index in [9.17, 15) is 10.1 Å². The third kappa shape index (κ3) is 3.78. The van der Waals surface area contributed by atoms with Crippen LogP contribution in [0.15, 0.2) is 65.7 Å². The first-order valence-corrected chi connectivity index (χ1v) is 8.38. The molecule has 0 fully saturated rings. The summed E-state index contributed by atoms with van der Waals surface area (Å²) in [5.41, 5.74) is 4.06. The van der Waals surface area contributed by atoms with E-state index in [4.69, 9.17) is 0 Å². The second-order valence-electron chi connectivity index (χ2n) is 5.29. The van der Waals surface area contributed by atoms with Crippen LogP contribution in [0.1, 0.15) is 11.1 Å². The zero-order valence-electron chi connectivity index (χ0n) is 13.0. The van der Waals surface area contributed by atoms with Crippen LogP contribution in [-0.2, 0) is 5.75 Å². The van der Waals surface area contributed by atoms with E-state index < -0.39 is 0 Å². The summed E-state index contributed by atoms with van der Waals surface area (Å²) in [5, 5.41) is 20.1. The van der Waals surface area contributed by atoms with Gasteiger partial charge >= 0.3 is 0 Å². The lowest BCUT2D eigenvalue weighted by molar-refractivity contribution is -0.384. The summed E-state index contributed by atoms with van der Waals surface area (Å²) >= 11 is 1.51.